The minimum atomic E-state index is 0. The molecule has 0 spiro atoms. The van der Waals surface area contributed by atoms with Gasteiger partial charge in [-0.1, -0.05) is 0 Å². The third kappa shape index (κ3) is 5.18. The zero-order valence-corrected chi connectivity index (χ0v) is 23.8. The number of morpholine rings is 1. The molecule has 37 heavy (non-hydrogen) atoms. The van der Waals surface area contributed by atoms with Crippen LogP contribution in [0.4, 0.5) is 0 Å². The van der Waals surface area contributed by atoms with Gasteiger partial charge in [-0.15, -0.1) is 28.3 Å². The molecule has 0 atom stereocenters. The van der Waals surface area contributed by atoms with Gasteiger partial charge in [-0.3, -0.25) is 4.90 Å². The van der Waals surface area contributed by atoms with E-state index in [1.54, 1.807) is 18.4 Å². The molecule has 0 N–H and O–H groups in total. The summed E-state index contributed by atoms with van der Waals surface area (Å²) in [6.45, 7) is 5.95. The van der Waals surface area contributed by atoms with Gasteiger partial charge in [0.25, 0.3) is 0 Å². The highest BCUT2D eigenvalue weighted by molar-refractivity contribution is 8.93. The number of methoxy groups -OCH3 is 1. The summed E-state index contributed by atoms with van der Waals surface area (Å²) in [6.07, 6.45) is 8.55. The van der Waals surface area contributed by atoms with Crippen LogP contribution in [0, 0.1) is 0 Å². The predicted octanol–water partition coefficient (Wildman–Crippen LogP) is 6.02. The number of fused-ring (bicyclic) bond motifs is 2. The Labute approximate surface area is 231 Å². The number of unbranched alkanes of at least 4 members (excludes halogenated alkanes) is 1. The van der Waals surface area contributed by atoms with Gasteiger partial charge >= 0.3 is 0 Å². The lowest BCUT2D eigenvalue weighted by atomic mass is 10.1. The van der Waals surface area contributed by atoms with Crippen LogP contribution in [0.3, 0.4) is 0 Å². The first kappa shape index (κ1) is 25.9. The summed E-state index contributed by atoms with van der Waals surface area (Å²) < 4.78 is 15.5. The molecule has 0 saturated carbocycles. The smallest absolute Gasteiger partial charge is 0.140 e. The summed E-state index contributed by atoms with van der Waals surface area (Å²) in [6, 6.07) is 10.5. The van der Waals surface area contributed by atoms with Gasteiger partial charge in [0, 0.05) is 78.1 Å². The highest BCUT2D eigenvalue weighted by atomic mass is 79.9. The molecule has 1 aliphatic rings. The third-order valence-corrected chi connectivity index (χ3v) is 7.94. The van der Waals surface area contributed by atoms with Crippen molar-refractivity contribution in [1.29, 1.82) is 0 Å². The van der Waals surface area contributed by atoms with Crippen LogP contribution in [0.15, 0.2) is 54.3 Å². The van der Waals surface area contributed by atoms with Gasteiger partial charge in [0.05, 0.1) is 26.0 Å². The fraction of sp³-hybridized carbons (Fsp3) is 0.357. The zero-order chi connectivity index (χ0) is 24.5. The van der Waals surface area contributed by atoms with Gasteiger partial charge in [0.15, 0.2) is 0 Å². The Balaban J connectivity index is 0.00000280. The number of aryl methyl sites for hydroxylation is 2. The Morgan fingerprint density at radius 3 is 2.70 bits per heavy atom. The number of hydrogen-bond donors (Lipinski definition) is 0. The SMILES string of the molecule is Br.COc1ccc2c(c1)c(-c1nc(-c3cn(C)c4ncccc34)cs1)cn2CCCCN1CCOCC1. The normalized spacial score (nSPS) is 14.3. The van der Waals surface area contributed by atoms with Gasteiger partial charge in [0.2, 0.25) is 0 Å². The molecule has 9 heteroatoms. The summed E-state index contributed by atoms with van der Waals surface area (Å²) in [7, 11) is 3.75. The molecule has 0 bridgehead atoms. The average molecular weight is 583 g/mol. The van der Waals surface area contributed by atoms with E-state index >= 15 is 0 Å². The van der Waals surface area contributed by atoms with E-state index in [4.69, 9.17) is 14.5 Å². The van der Waals surface area contributed by atoms with Crippen molar-refractivity contribution in [2.24, 2.45) is 7.05 Å². The van der Waals surface area contributed by atoms with Crippen molar-refractivity contribution in [3.8, 4) is 27.6 Å². The van der Waals surface area contributed by atoms with Gasteiger partial charge in [0.1, 0.15) is 16.4 Å². The first-order chi connectivity index (χ1) is 17.7. The number of ether oxygens (including phenoxy) is 2. The molecule has 7 nitrogen and oxygen atoms in total. The molecule has 5 heterocycles. The van der Waals surface area contributed by atoms with Gasteiger partial charge in [-0.05, 0) is 49.7 Å². The first-order valence-corrected chi connectivity index (χ1v) is 13.4. The molecule has 1 saturated heterocycles. The highest BCUT2D eigenvalue weighted by Gasteiger charge is 2.17. The first-order valence-electron chi connectivity index (χ1n) is 12.5. The van der Waals surface area contributed by atoms with E-state index in [0.717, 1.165) is 84.4 Å². The van der Waals surface area contributed by atoms with E-state index < -0.39 is 0 Å². The van der Waals surface area contributed by atoms with Crippen molar-refractivity contribution in [3.63, 3.8) is 0 Å². The van der Waals surface area contributed by atoms with Gasteiger partial charge in [-0.25, -0.2) is 9.97 Å². The zero-order valence-electron chi connectivity index (χ0n) is 21.2. The number of rotatable bonds is 8. The molecule has 6 rings (SSSR count). The largest absolute Gasteiger partial charge is 0.497 e. The lowest BCUT2D eigenvalue weighted by molar-refractivity contribution is 0.0371. The van der Waals surface area contributed by atoms with Crippen LogP contribution in [0.2, 0.25) is 0 Å². The number of thiazole rings is 1. The van der Waals surface area contributed by atoms with E-state index in [9.17, 15) is 0 Å². The number of pyridine rings is 1. The van der Waals surface area contributed by atoms with Crippen molar-refractivity contribution in [2.75, 3.05) is 40.0 Å². The fourth-order valence-corrected chi connectivity index (χ4v) is 5.98. The second-order valence-corrected chi connectivity index (χ2v) is 10.2. The van der Waals surface area contributed by atoms with Gasteiger partial charge in [-0.2, -0.15) is 0 Å². The Kier molecular flexibility index (Phi) is 7.95. The van der Waals surface area contributed by atoms with Crippen LogP contribution in [0.1, 0.15) is 12.8 Å². The lowest BCUT2D eigenvalue weighted by Gasteiger charge is -2.26. The second kappa shape index (κ2) is 11.3. The van der Waals surface area contributed by atoms with Crippen molar-refractivity contribution in [3.05, 3.63) is 54.3 Å². The molecule has 5 aromatic rings. The summed E-state index contributed by atoms with van der Waals surface area (Å²) in [5.74, 6) is 0.866. The molecule has 0 amide bonds. The van der Waals surface area contributed by atoms with E-state index in [1.165, 1.54) is 17.3 Å². The Morgan fingerprint density at radius 1 is 1.03 bits per heavy atom. The summed E-state index contributed by atoms with van der Waals surface area (Å²) in [5, 5.41) is 5.49. The minimum absolute atomic E-state index is 0. The van der Waals surface area contributed by atoms with Crippen molar-refractivity contribution < 1.29 is 9.47 Å². The predicted molar refractivity (Wildman–Crippen MR) is 156 cm³/mol. The molecular formula is C28H32BrN5O2S. The molecule has 194 valence electrons. The molecule has 0 unspecified atom stereocenters. The van der Waals surface area contributed by atoms with E-state index in [2.05, 4.69) is 55.0 Å². The van der Waals surface area contributed by atoms with Crippen LogP contribution in [0.5, 0.6) is 5.75 Å². The standard InChI is InChI=1S/C28H31N5O2S.BrH/c1-31-17-23(21-6-5-9-29-27(21)31)25-19-36-28(30-25)24-18-33(26-8-7-20(34-2)16-22(24)26)11-4-3-10-32-12-14-35-15-13-32;/h5-9,16-19H,3-4,10-15H2,1-2H3;1H. The fourth-order valence-electron chi connectivity index (χ4n) is 5.14. The summed E-state index contributed by atoms with van der Waals surface area (Å²) in [4.78, 5) is 12.1. The van der Waals surface area contributed by atoms with Crippen LogP contribution < -0.4 is 4.74 Å². The molecule has 1 aliphatic heterocycles. The highest BCUT2D eigenvalue weighted by Crippen LogP contribution is 2.38. The molecular weight excluding hydrogens is 550 g/mol. The monoisotopic (exact) mass is 581 g/mol. The van der Waals surface area contributed by atoms with Crippen LogP contribution in [-0.4, -0.2) is 64.0 Å². The maximum atomic E-state index is 5.56. The van der Waals surface area contributed by atoms with Crippen LogP contribution >= 0.6 is 28.3 Å². The average Bonchev–Trinajstić information content (AvgIpc) is 3.63. The number of aromatic nitrogens is 4. The van der Waals surface area contributed by atoms with Gasteiger partial charge < -0.3 is 18.6 Å². The maximum Gasteiger partial charge on any atom is 0.140 e. The quantitative estimate of drug-likeness (QED) is 0.210. The molecule has 0 radical (unpaired) electrons. The number of nitrogens with zero attached hydrogens (tertiary/aromatic N) is 5. The maximum absolute atomic E-state index is 5.56. The number of benzene rings is 1. The Morgan fingerprint density at radius 2 is 1.86 bits per heavy atom. The third-order valence-electron chi connectivity index (χ3n) is 7.06. The number of hydrogen-bond acceptors (Lipinski definition) is 6. The number of halogens is 1. The molecule has 1 fully saturated rings. The Bertz CT molecular complexity index is 1500. The minimum Gasteiger partial charge on any atom is -0.497 e. The lowest BCUT2D eigenvalue weighted by Crippen LogP contribution is -2.36. The molecule has 1 aromatic carbocycles. The second-order valence-electron chi connectivity index (χ2n) is 9.35. The molecule has 0 aliphatic carbocycles. The van der Waals surface area contributed by atoms with Crippen LogP contribution in [0.25, 0.3) is 43.8 Å². The molecule has 4 aromatic heterocycles. The van der Waals surface area contributed by atoms with E-state index in [-0.39, 0.29) is 17.0 Å². The van der Waals surface area contributed by atoms with E-state index in [0.29, 0.717) is 0 Å². The summed E-state index contributed by atoms with van der Waals surface area (Å²) >= 11 is 1.69. The summed E-state index contributed by atoms with van der Waals surface area (Å²) in [5.41, 5.74) is 5.46. The topological polar surface area (TPSA) is 57.3 Å². The van der Waals surface area contributed by atoms with Crippen molar-refractivity contribution >= 4 is 50.3 Å². The van der Waals surface area contributed by atoms with Crippen molar-refractivity contribution in [1.82, 2.24) is 24.0 Å². The van der Waals surface area contributed by atoms with Crippen molar-refractivity contribution in [2.45, 2.75) is 19.4 Å². The van der Waals surface area contributed by atoms with Crippen LogP contribution in [-0.2, 0) is 18.3 Å². The Hall–Kier alpha value is -2.72. The van der Waals surface area contributed by atoms with E-state index in [1.807, 2.05) is 25.4 Å².